The lowest BCUT2D eigenvalue weighted by molar-refractivity contribution is 0.0696. The summed E-state index contributed by atoms with van der Waals surface area (Å²) in [4.78, 5) is 11.0. The number of aryl methyl sites for hydroxylation is 2. The van der Waals surface area contributed by atoms with Gasteiger partial charge in [0, 0.05) is 6.04 Å². The number of benzene rings is 1. The second-order valence-electron chi connectivity index (χ2n) is 4.62. The minimum atomic E-state index is -3.85. The fourth-order valence-corrected chi connectivity index (χ4v) is 3.36. The number of hydrogen-bond donors (Lipinski definition) is 2. The normalized spacial score (nSPS) is 12.7. The number of sulfonamides is 1. The molecule has 20 heavy (non-hydrogen) atoms. The number of nitrogens with zero attached hydrogens (tertiary/aromatic N) is 1. The van der Waals surface area contributed by atoms with Crippen LogP contribution < -0.4 is 4.72 Å². The van der Waals surface area contributed by atoms with Gasteiger partial charge in [-0.3, -0.25) is 0 Å². The molecule has 0 bridgehead atoms. The van der Waals surface area contributed by atoms with Crippen molar-refractivity contribution in [1.29, 1.82) is 5.26 Å². The fourth-order valence-electron chi connectivity index (χ4n) is 1.86. The molecule has 7 heteroatoms. The Morgan fingerprint density at radius 2 is 2.00 bits per heavy atom. The quantitative estimate of drug-likeness (QED) is 0.857. The molecule has 0 heterocycles. The van der Waals surface area contributed by atoms with Gasteiger partial charge in [0.2, 0.25) is 10.0 Å². The molecule has 0 aliphatic carbocycles. The van der Waals surface area contributed by atoms with E-state index in [4.69, 9.17) is 10.4 Å². The number of hydrogen-bond acceptors (Lipinski definition) is 4. The van der Waals surface area contributed by atoms with Gasteiger partial charge in [0.1, 0.15) is 0 Å². The van der Waals surface area contributed by atoms with E-state index in [9.17, 15) is 13.2 Å². The van der Waals surface area contributed by atoms with E-state index in [2.05, 4.69) is 4.72 Å². The average Bonchev–Trinajstić information content (AvgIpc) is 2.27. The third-order valence-corrected chi connectivity index (χ3v) is 4.53. The van der Waals surface area contributed by atoms with Crippen LogP contribution in [-0.4, -0.2) is 25.5 Å². The maximum atomic E-state index is 12.2. The summed E-state index contributed by atoms with van der Waals surface area (Å²) < 4.78 is 26.8. The average molecular weight is 296 g/mol. The molecule has 1 aromatic rings. The Bertz CT molecular complexity index is 674. The Morgan fingerprint density at radius 3 is 2.50 bits per heavy atom. The molecular weight excluding hydrogens is 280 g/mol. The first kappa shape index (κ1) is 16.1. The SMILES string of the molecule is Cc1cc(C)c(S(=O)(=O)NC(C)CC#N)cc1C(=O)O. The minimum Gasteiger partial charge on any atom is -0.478 e. The summed E-state index contributed by atoms with van der Waals surface area (Å²) in [5.41, 5.74) is 0.909. The van der Waals surface area contributed by atoms with Gasteiger partial charge in [-0.15, -0.1) is 0 Å². The molecule has 1 atom stereocenters. The third kappa shape index (κ3) is 3.56. The van der Waals surface area contributed by atoms with E-state index < -0.39 is 22.0 Å². The number of aromatic carboxylic acids is 1. The van der Waals surface area contributed by atoms with E-state index in [0.29, 0.717) is 11.1 Å². The lowest BCUT2D eigenvalue weighted by atomic mass is 10.1. The number of carboxylic acids is 1. The van der Waals surface area contributed by atoms with Gasteiger partial charge in [-0.05, 0) is 38.0 Å². The highest BCUT2D eigenvalue weighted by Crippen LogP contribution is 2.21. The van der Waals surface area contributed by atoms with Crippen molar-refractivity contribution in [2.45, 2.75) is 38.1 Å². The van der Waals surface area contributed by atoms with Crippen LogP contribution in [0.15, 0.2) is 17.0 Å². The van der Waals surface area contributed by atoms with E-state index in [-0.39, 0.29) is 16.9 Å². The van der Waals surface area contributed by atoms with Crippen LogP contribution >= 0.6 is 0 Å². The predicted molar refractivity (Wildman–Crippen MR) is 72.9 cm³/mol. The molecule has 0 spiro atoms. The molecule has 0 aliphatic heterocycles. The molecule has 108 valence electrons. The molecule has 6 nitrogen and oxygen atoms in total. The first-order chi connectivity index (χ1) is 9.19. The van der Waals surface area contributed by atoms with E-state index in [1.54, 1.807) is 20.8 Å². The maximum absolute atomic E-state index is 12.2. The van der Waals surface area contributed by atoms with Crippen LogP contribution in [0, 0.1) is 25.2 Å². The molecule has 0 amide bonds. The van der Waals surface area contributed by atoms with Gasteiger partial charge in [0.15, 0.2) is 0 Å². The van der Waals surface area contributed by atoms with Crippen molar-refractivity contribution in [2.75, 3.05) is 0 Å². The lowest BCUT2D eigenvalue weighted by Gasteiger charge is -2.14. The first-order valence-electron chi connectivity index (χ1n) is 5.93. The smallest absolute Gasteiger partial charge is 0.335 e. The number of nitrogens with one attached hydrogen (secondary N) is 1. The van der Waals surface area contributed by atoms with Gasteiger partial charge < -0.3 is 5.11 Å². The molecule has 0 saturated heterocycles. The number of nitriles is 1. The van der Waals surface area contributed by atoms with Gasteiger partial charge in [-0.2, -0.15) is 5.26 Å². The summed E-state index contributed by atoms with van der Waals surface area (Å²) in [6, 6.07) is 4.00. The predicted octanol–water partition coefficient (Wildman–Crippen LogP) is 1.58. The minimum absolute atomic E-state index is 0.0376. The van der Waals surface area contributed by atoms with Gasteiger partial charge in [-0.25, -0.2) is 17.9 Å². The van der Waals surface area contributed by atoms with E-state index in [1.165, 1.54) is 6.07 Å². The van der Waals surface area contributed by atoms with Crippen LogP contribution in [0.1, 0.15) is 34.8 Å². The monoisotopic (exact) mass is 296 g/mol. The number of carbonyl (C=O) groups is 1. The van der Waals surface area contributed by atoms with Gasteiger partial charge >= 0.3 is 5.97 Å². The highest BCUT2D eigenvalue weighted by atomic mass is 32.2. The Morgan fingerprint density at radius 1 is 1.40 bits per heavy atom. The Hall–Kier alpha value is -1.91. The van der Waals surface area contributed by atoms with E-state index >= 15 is 0 Å². The summed E-state index contributed by atoms with van der Waals surface area (Å²) in [5.74, 6) is -1.18. The van der Waals surface area contributed by atoms with Crippen molar-refractivity contribution in [1.82, 2.24) is 4.72 Å². The zero-order valence-electron chi connectivity index (χ0n) is 11.5. The zero-order valence-corrected chi connectivity index (χ0v) is 12.3. The van der Waals surface area contributed by atoms with Crippen LogP contribution in [0.3, 0.4) is 0 Å². The molecule has 2 N–H and O–H groups in total. The van der Waals surface area contributed by atoms with E-state index in [1.807, 2.05) is 6.07 Å². The summed E-state index contributed by atoms with van der Waals surface area (Å²) in [5, 5.41) is 17.6. The van der Waals surface area contributed by atoms with Crippen LogP contribution in [0.2, 0.25) is 0 Å². The second-order valence-corrected chi connectivity index (χ2v) is 6.30. The molecule has 0 saturated carbocycles. The lowest BCUT2D eigenvalue weighted by Crippen LogP contribution is -2.32. The standard InChI is InChI=1S/C13H16N2O4S/c1-8-6-9(2)12(7-11(8)13(16)17)20(18,19)15-10(3)4-5-14/h6-7,10,15H,4H2,1-3H3,(H,16,17). The molecular formula is C13H16N2O4S. The zero-order chi connectivity index (χ0) is 15.5. The Kier molecular flexibility index (Phi) is 4.87. The van der Waals surface area contributed by atoms with Crippen molar-refractivity contribution >= 4 is 16.0 Å². The summed E-state index contributed by atoms with van der Waals surface area (Å²) >= 11 is 0. The van der Waals surface area contributed by atoms with Crippen molar-refractivity contribution in [3.63, 3.8) is 0 Å². The number of rotatable bonds is 5. The molecule has 0 aromatic heterocycles. The maximum Gasteiger partial charge on any atom is 0.335 e. The summed E-state index contributed by atoms with van der Waals surface area (Å²) in [6.45, 7) is 4.78. The Balaban J connectivity index is 3.29. The highest BCUT2D eigenvalue weighted by Gasteiger charge is 2.22. The molecule has 1 unspecified atom stereocenters. The van der Waals surface area contributed by atoms with Crippen molar-refractivity contribution in [3.8, 4) is 6.07 Å². The van der Waals surface area contributed by atoms with Crippen molar-refractivity contribution in [2.24, 2.45) is 0 Å². The van der Waals surface area contributed by atoms with Crippen molar-refractivity contribution < 1.29 is 18.3 Å². The molecule has 0 aliphatic rings. The van der Waals surface area contributed by atoms with Gasteiger partial charge in [0.05, 0.1) is 22.9 Å². The van der Waals surface area contributed by atoms with E-state index in [0.717, 1.165) is 6.07 Å². The molecule has 0 fully saturated rings. The molecule has 1 rings (SSSR count). The third-order valence-electron chi connectivity index (χ3n) is 2.80. The first-order valence-corrected chi connectivity index (χ1v) is 7.41. The number of carboxylic acid groups (broad SMARTS) is 1. The van der Waals surface area contributed by atoms with Crippen LogP contribution in [0.25, 0.3) is 0 Å². The van der Waals surface area contributed by atoms with Gasteiger partial charge in [-0.1, -0.05) is 6.07 Å². The van der Waals surface area contributed by atoms with Crippen molar-refractivity contribution in [3.05, 3.63) is 28.8 Å². The Labute approximate surface area is 118 Å². The fraction of sp³-hybridized carbons (Fsp3) is 0.385. The molecule has 0 radical (unpaired) electrons. The van der Waals surface area contributed by atoms with Gasteiger partial charge in [0.25, 0.3) is 0 Å². The highest BCUT2D eigenvalue weighted by molar-refractivity contribution is 7.89. The van der Waals surface area contributed by atoms with Crippen LogP contribution in [-0.2, 0) is 10.0 Å². The topological polar surface area (TPSA) is 107 Å². The summed E-state index contributed by atoms with van der Waals surface area (Å²) in [7, 11) is -3.85. The second kappa shape index (κ2) is 6.03. The molecule has 1 aromatic carbocycles. The van der Waals surface area contributed by atoms with Crippen LogP contribution in [0.5, 0.6) is 0 Å². The largest absolute Gasteiger partial charge is 0.478 e. The van der Waals surface area contributed by atoms with Crippen LogP contribution in [0.4, 0.5) is 0 Å². The summed E-state index contributed by atoms with van der Waals surface area (Å²) in [6.07, 6.45) is 0.0376.